The molecule has 0 aromatic carbocycles. The normalized spacial score (nSPS) is 25.0. The fourth-order valence-corrected chi connectivity index (χ4v) is 2.34. The van der Waals surface area contributed by atoms with Crippen LogP contribution in [0, 0.1) is 5.92 Å². The van der Waals surface area contributed by atoms with Crippen LogP contribution < -0.4 is 10.7 Å². The highest BCUT2D eigenvalue weighted by Crippen LogP contribution is 2.32. The topological polar surface area (TPSA) is 119 Å². The first-order valence-corrected chi connectivity index (χ1v) is 7.19. The Kier molecular flexibility index (Phi) is 4.79. The molecule has 118 valence electrons. The molecule has 0 radical (unpaired) electrons. The third kappa shape index (κ3) is 3.92. The quantitative estimate of drug-likeness (QED) is 0.508. The number of carboxylic acid groups (broad SMARTS) is 1. The van der Waals surface area contributed by atoms with E-state index in [1.807, 2.05) is 0 Å². The van der Waals surface area contributed by atoms with Crippen molar-refractivity contribution in [3.8, 4) is 0 Å². The number of hydrogen-bond acceptors (Lipinski definition) is 5. The highest BCUT2D eigenvalue weighted by molar-refractivity contribution is 5.89. The summed E-state index contributed by atoms with van der Waals surface area (Å²) in [5.41, 5.74) is 2.64. The zero-order valence-electron chi connectivity index (χ0n) is 11.9. The molecule has 8 heteroatoms. The lowest BCUT2D eigenvalue weighted by molar-refractivity contribution is -0.149. The van der Waals surface area contributed by atoms with Gasteiger partial charge in [0.1, 0.15) is 18.2 Å². The number of aliphatic carboxylic acids is 1. The molecule has 21 heavy (non-hydrogen) atoms. The smallest absolute Gasteiger partial charge is 0.322 e. The molecule has 0 spiro atoms. The number of carbonyl (C=O) groups excluding carboxylic acids is 2. The molecule has 2 amide bonds. The molecule has 0 bridgehead atoms. The average molecular weight is 299 g/mol. The summed E-state index contributed by atoms with van der Waals surface area (Å²) in [6, 6.07) is -1.60. The molecule has 2 aliphatic rings. The molecule has 1 heterocycles. The maximum Gasteiger partial charge on any atom is 0.322 e. The molecule has 1 aliphatic heterocycles. The lowest BCUT2D eigenvalue weighted by Crippen LogP contribution is -2.59. The maximum atomic E-state index is 12.2. The average Bonchev–Trinajstić information content (AvgIpc) is 3.30. The number of hydrazine groups is 1. The second-order valence-electron chi connectivity index (χ2n) is 5.66. The Bertz CT molecular complexity index is 438. The van der Waals surface area contributed by atoms with Gasteiger partial charge in [0, 0.05) is 6.54 Å². The van der Waals surface area contributed by atoms with Crippen molar-refractivity contribution < 1.29 is 24.6 Å². The first-order chi connectivity index (χ1) is 9.90. The third-order valence-electron chi connectivity index (χ3n) is 3.82. The minimum Gasteiger partial charge on any atom is -0.480 e. The number of carbonyl (C=O) groups is 3. The predicted octanol–water partition coefficient (Wildman–Crippen LogP) is -1.16. The van der Waals surface area contributed by atoms with Gasteiger partial charge >= 0.3 is 5.97 Å². The predicted molar refractivity (Wildman–Crippen MR) is 71.8 cm³/mol. The Balaban J connectivity index is 1.86. The third-order valence-corrected chi connectivity index (χ3v) is 3.82. The monoisotopic (exact) mass is 299 g/mol. The molecule has 1 saturated heterocycles. The van der Waals surface area contributed by atoms with Crippen molar-refractivity contribution in [1.82, 2.24) is 15.8 Å². The van der Waals surface area contributed by atoms with Crippen molar-refractivity contribution >= 4 is 17.8 Å². The number of hydrogen-bond donors (Lipinski definition) is 4. The van der Waals surface area contributed by atoms with Crippen LogP contribution in [0.5, 0.6) is 0 Å². The van der Waals surface area contributed by atoms with Gasteiger partial charge in [-0.1, -0.05) is 0 Å². The van der Waals surface area contributed by atoms with E-state index in [1.165, 1.54) is 11.9 Å². The van der Waals surface area contributed by atoms with Crippen molar-refractivity contribution in [3.05, 3.63) is 0 Å². The fraction of sp³-hybridized carbons (Fsp3) is 0.769. The van der Waals surface area contributed by atoms with Crippen LogP contribution in [0.4, 0.5) is 0 Å². The number of nitrogens with one attached hydrogen (secondary N) is 2. The lowest BCUT2D eigenvalue weighted by atomic mass is 10.1. The van der Waals surface area contributed by atoms with Crippen LogP contribution in [0.15, 0.2) is 0 Å². The van der Waals surface area contributed by atoms with E-state index in [0.717, 1.165) is 12.8 Å². The van der Waals surface area contributed by atoms with E-state index in [4.69, 9.17) is 5.11 Å². The van der Waals surface area contributed by atoms with Gasteiger partial charge in [0.25, 0.3) is 5.91 Å². The van der Waals surface area contributed by atoms with E-state index in [-0.39, 0.29) is 5.92 Å². The summed E-state index contributed by atoms with van der Waals surface area (Å²) in [6.07, 6.45) is 1.62. The zero-order chi connectivity index (χ0) is 15.6. The van der Waals surface area contributed by atoms with Gasteiger partial charge in [-0.25, -0.2) is 5.43 Å². The Morgan fingerprint density at radius 3 is 2.52 bits per heavy atom. The molecule has 2 rings (SSSR count). The van der Waals surface area contributed by atoms with Crippen LogP contribution in [0.25, 0.3) is 0 Å². The molecular formula is C13H21N3O5. The van der Waals surface area contributed by atoms with Crippen LogP contribution in [-0.2, 0) is 14.4 Å². The number of aliphatic hydroxyl groups excluding tert-OH is 1. The summed E-state index contributed by atoms with van der Waals surface area (Å²) < 4.78 is 0. The summed E-state index contributed by atoms with van der Waals surface area (Å²) in [5.74, 6) is -1.97. The first-order valence-electron chi connectivity index (χ1n) is 7.19. The molecule has 0 aromatic rings. The molecule has 3 atom stereocenters. The second kappa shape index (κ2) is 6.40. The SMILES string of the molecule is C[C@H](NC(=O)C(O)C1CC1)C(=O)N1CCC[C@@H](C(=O)O)N1. The summed E-state index contributed by atoms with van der Waals surface area (Å²) in [5, 5.41) is 22.3. The standard InChI is InChI=1S/C13H21N3O5/c1-7(14-11(18)10(17)8-4-5-8)12(19)16-6-2-3-9(15-16)13(20)21/h7-10,15,17H,2-6H2,1H3,(H,14,18)(H,20,21)/t7-,9-,10?/m0/s1. The number of carboxylic acids is 1. The van der Waals surface area contributed by atoms with Crippen LogP contribution in [-0.4, -0.2) is 57.7 Å². The molecule has 0 aromatic heterocycles. The molecule has 4 N–H and O–H groups in total. The number of rotatable bonds is 5. The molecule has 1 saturated carbocycles. The van der Waals surface area contributed by atoms with E-state index >= 15 is 0 Å². The summed E-state index contributed by atoms with van der Waals surface area (Å²) >= 11 is 0. The Morgan fingerprint density at radius 2 is 1.95 bits per heavy atom. The second-order valence-corrected chi connectivity index (χ2v) is 5.66. The van der Waals surface area contributed by atoms with E-state index in [0.29, 0.717) is 19.4 Å². The van der Waals surface area contributed by atoms with Crippen molar-refractivity contribution in [1.29, 1.82) is 0 Å². The maximum absolute atomic E-state index is 12.2. The Hall–Kier alpha value is -1.67. The molecule has 8 nitrogen and oxygen atoms in total. The van der Waals surface area contributed by atoms with Crippen molar-refractivity contribution in [3.63, 3.8) is 0 Å². The lowest BCUT2D eigenvalue weighted by Gasteiger charge is -2.33. The van der Waals surface area contributed by atoms with Gasteiger partial charge in [0.15, 0.2) is 0 Å². The minimum absolute atomic E-state index is 0.00296. The van der Waals surface area contributed by atoms with Gasteiger partial charge in [-0.15, -0.1) is 0 Å². The Morgan fingerprint density at radius 1 is 1.29 bits per heavy atom. The zero-order valence-corrected chi connectivity index (χ0v) is 11.9. The number of nitrogens with zero attached hydrogens (tertiary/aromatic N) is 1. The van der Waals surface area contributed by atoms with E-state index in [1.54, 1.807) is 0 Å². The van der Waals surface area contributed by atoms with Gasteiger partial charge in [0.2, 0.25) is 5.91 Å². The molecule has 1 aliphatic carbocycles. The minimum atomic E-state index is -1.07. The van der Waals surface area contributed by atoms with Gasteiger partial charge in [-0.3, -0.25) is 19.4 Å². The highest BCUT2D eigenvalue weighted by atomic mass is 16.4. The van der Waals surface area contributed by atoms with E-state index in [2.05, 4.69) is 10.7 Å². The van der Waals surface area contributed by atoms with Crippen LogP contribution >= 0.6 is 0 Å². The Labute approximate surface area is 122 Å². The first kappa shape index (κ1) is 15.7. The highest BCUT2D eigenvalue weighted by Gasteiger charge is 2.36. The number of amides is 2. The van der Waals surface area contributed by atoms with Crippen molar-refractivity contribution in [2.45, 2.75) is 50.8 Å². The number of aliphatic hydroxyl groups is 1. The van der Waals surface area contributed by atoms with Crippen LogP contribution in [0.2, 0.25) is 0 Å². The fourth-order valence-electron chi connectivity index (χ4n) is 2.34. The van der Waals surface area contributed by atoms with Gasteiger partial charge < -0.3 is 15.5 Å². The molecule has 2 fully saturated rings. The van der Waals surface area contributed by atoms with Crippen molar-refractivity contribution in [2.24, 2.45) is 5.92 Å². The van der Waals surface area contributed by atoms with Gasteiger partial charge in [-0.2, -0.15) is 0 Å². The van der Waals surface area contributed by atoms with Crippen LogP contribution in [0.1, 0.15) is 32.6 Å². The van der Waals surface area contributed by atoms with Gasteiger partial charge in [0.05, 0.1) is 0 Å². The van der Waals surface area contributed by atoms with E-state index < -0.39 is 36.0 Å². The largest absolute Gasteiger partial charge is 0.480 e. The summed E-state index contributed by atoms with van der Waals surface area (Å²) in [7, 11) is 0. The molecule has 1 unspecified atom stereocenters. The van der Waals surface area contributed by atoms with Crippen LogP contribution in [0.3, 0.4) is 0 Å². The van der Waals surface area contributed by atoms with E-state index in [9.17, 15) is 19.5 Å². The van der Waals surface area contributed by atoms with Crippen molar-refractivity contribution in [2.75, 3.05) is 6.54 Å². The van der Waals surface area contributed by atoms with Gasteiger partial charge in [-0.05, 0) is 38.5 Å². The summed E-state index contributed by atoms with van der Waals surface area (Å²) in [4.78, 5) is 34.9. The molecular weight excluding hydrogens is 278 g/mol. The summed E-state index contributed by atoms with van der Waals surface area (Å²) in [6.45, 7) is 1.92.